The average molecular weight is 448 g/mol. The number of hydrogen-bond acceptors (Lipinski definition) is 3. The van der Waals surface area contributed by atoms with Crippen LogP contribution < -0.4 is 0 Å². The smallest absolute Gasteiger partial charge is 0.398 e. The molecule has 0 aromatic carbocycles. The summed E-state index contributed by atoms with van der Waals surface area (Å²) in [7, 11) is 0. The molecule has 19 heteroatoms. The minimum atomic E-state index is -7.58. The van der Waals surface area contributed by atoms with E-state index in [0.29, 0.717) is 0 Å². The molecule has 0 heterocycles. The van der Waals surface area contributed by atoms with E-state index in [2.05, 4.69) is 0 Å². The van der Waals surface area contributed by atoms with E-state index < -0.39 is 48.8 Å². The highest BCUT2D eigenvalue weighted by Gasteiger charge is 2.82. The van der Waals surface area contributed by atoms with Crippen molar-refractivity contribution in [3.63, 3.8) is 0 Å². The number of halogens is 16. The first-order valence-corrected chi connectivity index (χ1v) is 5.25. The average Bonchev–Trinajstić information content (AvgIpc) is 2.32. The monoisotopic (exact) mass is 448 g/mol. The van der Waals surface area contributed by atoms with E-state index in [1.54, 1.807) is 0 Å². The molecule has 1 unspecified atom stereocenters. The zero-order valence-electron chi connectivity index (χ0n) is 11.3. The van der Waals surface area contributed by atoms with Crippen LogP contribution in [0.2, 0.25) is 0 Å². The molecule has 0 fully saturated rings. The van der Waals surface area contributed by atoms with Gasteiger partial charge in [-0.25, -0.2) is 4.74 Å². The molecule has 162 valence electrons. The quantitative estimate of drug-likeness (QED) is 0.375. The molecule has 0 radical (unpaired) electrons. The molecule has 0 amide bonds. The molecule has 1 atom stereocenters. The first kappa shape index (κ1) is 25.3. The standard InChI is InChI=1S/C8F16O3/c9-1(10)2(11)25-5(16,17)3(12,4(13,14)15)26-6(18,19)7(20,21)27-8(22,23)24. The molecule has 0 saturated carbocycles. The van der Waals surface area contributed by atoms with Gasteiger partial charge in [0.25, 0.3) is 0 Å². The molecular weight excluding hydrogens is 448 g/mol. The van der Waals surface area contributed by atoms with Gasteiger partial charge in [0, 0.05) is 0 Å². The molecule has 0 N–H and O–H groups in total. The van der Waals surface area contributed by atoms with Crippen molar-refractivity contribution in [1.82, 2.24) is 0 Å². The highest BCUT2D eigenvalue weighted by atomic mass is 19.4. The van der Waals surface area contributed by atoms with Crippen LogP contribution in [0.5, 0.6) is 0 Å². The van der Waals surface area contributed by atoms with Gasteiger partial charge in [-0.2, -0.15) is 57.1 Å². The molecule has 0 spiro atoms. The van der Waals surface area contributed by atoms with E-state index in [1.807, 2.05) is 4.74 Å². The maximum atomic E-state index is 13.4. The van der Waals surface area contributed by atoms with Gasteiger partial charge in [0.1, 0.15) is 0 Å². The summed E-state index contributed by atoms with van der Waals surface area (Å²) in [5.41, 5.74) is 0. The van der Waals surface area contributed by atoms with Crippen molar-refractivity contribution in [2.75, 3.05) is 0 Å². The van der Waals surface area contributed by atoms with Gasteiger partial charge in [-0.15, -0.1) is 13.2 Å². The van der Waals surface area contributed by atoms with Crippen molar-refractivity contribution < 1.29 is 84.5 Å². The van der Waals surface area contributed by atoms with Crippen LogP contribution in [-0.2, 0) is 14.2 Å². The summed E-state index contributed by atoms with van der Waals surface area (Å²) in [4.78, 5) is 0. The summed E-state index contributed by atoms with van der Waals surface area (Å²) in [6, 6.07) is -3.99. The van der Waals surface area contributed by atoms with E-state index in [-0.39, 0.29) is 0 Å². The third kappa shape index (κ3) is 5.66. The maximum absolute atomic E-state index is 13.4. The molecule has 0 aliphatic carbocycles. The predicted octanol–water partition coefficient (Wildman–Crippen LogP) is 5.60. The van der Waals surface area contributed by atoms with Crippen LogP contribution in [0.4, 0.5) is 70.2 Å². The molecule has 0 bridgehead atoms. The molecule has 0 aromatic heterocycles. The Morgan fingerprint density at radius 1 is 0.519 bits per heavy atom. The summed E-state index contributed by atoms with van der Waals surface area (Å²) in [5, 5.41) is 0. The topological polar surface area (TPSA) is 27.7 Å². The molecule has 0 aromatic rings. The lowest BCUT2D eigenvalue weighted by Crippen LogP contribution is -2.64. The minimum Gasteiger partial charge on any atom is -0.398 e. The molecule has 27 heavy (non-hydrogen) atoms. The Kier molecular flexibility index (Phi) is 6.63. The summed E-state index contributed by atoms with van der Waals surface area (Å²) in [6.07, 6.45) is -40.3. The zero-order chi connectivity index (χ0) is 22.3. The second kappa shape index (κ2) is 7.06. The predicted molar refractivity (Wildman–Crippen MR) is 44.4 cm³/mol. The fourth-order valence-corrected chi connectivity index (χ4v) is 0.940. The Bertz CT molecular complexity index is 557. The van der Waals surface area contributed by atoms with E-state index in [0.717, 1.165) is 0 Å². The van der Waals surface area contributed by atoms with Crippen LogP contribution in [0, 0.1) is 0 Å². The fraction of sp³-hybridized carbons (Fsp3) is 0.750. The number of ether oxygens (including phenoxy) is 3. The van der Waals surface area contributed by atoms with Gasteiger partial charge < -0.3 is 4.74 Å². The van der Waals surface area contributed by atoms with Gasteiger partial charge in [0.05, 0.1) is 0 Å². The Morgan fingerprint density at radius 2 is 0.889 bits per heavy atom. The molecular formula is C8F16O3. The number of rotatable bonds is 7. The lowest BCUT2D eigenvalue weighted by atomic mass is 10.2. The zero-order valence-corrected chi connectivity index (χ0v) is 11.3. The fourth-order valence-electron chi connectivity index (χ4n) is 0.940. The maximum Gasteiger partial charge on any atom is 0.527 e. The van der Waals surface area contributed by atoms with E-state index in [4.69, 9.17) is 0 Å². The second-order valence-electron chi connectivity index (χ2n) is 3.93. The molecule has 3 nitrogen and oxygen atoms in total. The molecule has 0 aliphatic heterocycles. The number of hydrogen-bond donors (Lipinski definition) is 0. The largest absolute Gasteiger partial charge is 0.527 e. The highest BCUT2D eigenvalue weighted by molar-refractivity contribution is 4.93. The van der Waals surface area contributed by atoms with Gasteiger partial charge >= 0.3 is 48.8 Å². The molecule has 0 saturated heterocycles. The first-order valence-electron chi connectivity index (χ1n) is 5.25. The van der Waals surface area contributed by atoms with Gasteiger partial charge in [0.2, 0.25) is 0 Å². The third-order valence-corrected chi connectivity index (χ3v) is 1.96. The lowest BCUT2D eigenvalue weighted by molar-refractivity contribution is -0.559. The van der Waals surface area contributed by atoms with E-state index in [1.165, 1.54) is 9.47 Å². The lowest BCUT2D eigenvalue weighted by Gasteiger charge is -2.36. The third-order valence-electron chi connectivity index (χ3n) is 1.96. The summed E-state index contributed by atoms with van der Waals surface area (Å²) in [5.74, 6) is -7.57. The second-order valence-corrected chi connectivity index (χ2v) is 3.93. The Hall–Kier alpha value is -1.66. The van der Waals surface area contributed by atoms with Crippen LogP contribution in [0.3, 0.4) is 0 Å². The molecule has 0 rings (SSSR count). The van der Waals surface area contributed by atoms with Crippen molar-refractivity contribution in [1.29, 1.82) is 0 Å². The minimum absolute atomic E-state index is 1.35. The van der Waals surface area contributed by atoms with E-state index in [9.17, 15) is 70.2 Å². The van der Waals surface area contributed by atoms with Crippen LogP contribution in [-0.4, -0.2) is 36.7 Å². The van der Waals surface area contributed by atoms with Gasteiger partial charge in [0.15, 0.2) is 0 Å². The normalized spacial score (nSPS) is 16.7. The van der Waals surface area contributed by atoms with E-state index >= 15 is 0 Å². The number of alkyl halides is 13. The van der Waals surface area contributed by atoms with Crippen molar-refractivity contribution in [2.45, 2.75) is 36.7 Å². The van der Waals surface area contributed by atoms with Gasteiger partial charge in [-0.3, -0.25) is 4.74 Å². The van der Waals surface area contributed by atoms with Crippen LogP contribution in [0.1, 0.15) is 0 Å². The van der Waals surface area contributed by atoms with Crippen LogP contribution in [0.15, 0.2) is 12.1 Å². The molecule has 0 aliphatic rings. The van der Waals surface area contributed by atoms with Crippen LogP contribution in [0.25, 0.3) is 0 Å². The van der Waals surface area contributed by atoms with Crippen molar-refractivity contribution in [3.8, 4) is 0 Å². The van der Waals surface area contributed by atoms with Crippen molar-refractivity contribution >= 4 is 0 Å². The Labute approximate surface area is 135 Å². The summed E-state index contributed by atoms with van der Waals surface area (Å²) in [6.45, 7) is 0. The highest BCUT2D eigenvalue weighted by Crippen LogP contribution is 2.53. The first-order chi connectivity index (χ1) is 11.5. The summed E-state index contributed by atoms with van der Waals surface area (Å²) < 4.78 is 201. The summed E-state index contributed by atoms with van der Waals surface area (Å²) >= 11 is 0. The van der Waals surface area contributed by atoms with Crippen LogP contribution >= 0.6 is 0 Å². The van der Waals surface area contributed by atoms with Crippen molar-refractivity contribution in [2.24, 2.45) is 0 Å². The van der Waals surface area contributed by atoms with Crippen molar-refractivity contribution in [3.05, 3.63) is 12.1 Å². The Balaban J connectivity index is 6.16. The SMILES string of the molecule is FC(F)=C(F)OC(F)(F)C(F)(OC(F)(F)C(F)(F)OC(F)(F)F)C(F)(F)F. The van der Waals surface area contributed by atoms with Gasteiger partial charge in [-0.1, -0.05) is 0 Å². The van der Waals surface area contributed by atoms with Gasteiger partial charge in [-0.05, 0) is 0 Å². The Morgan fingerprint density at radius 3 is 1.19 bits per heavy atom.